The summed E-state index contributed by atoms with van der Waals surface area (Å²) in [5.74, 6) is 0. The fraction of sp³-hybridized carbons (Fsp3) is 0.824. The minimum absolute atomic E-state index is 0.159. The second-order valence-corrected chi connectivity index (χ2v) is 6.90. The predicted octanol–water partition coefficient (Wildman–Crippen LogP) is 1.33. The normalized spacial score (nSPS) is 29.5. The lowest BCUT2D eigenvalue weighted by atomic mass is 10.0. The molecular weight excluding hydrogens is 294 g/mol. The summed E-state index contributed by atoms with van der Waals surface area (Å²) in [6, 6.07) is 0.391. The molecule has 130 valence electrons. The quantitative estimate of drug-likeness (QED) is 0.826. The van der Waals surface area contributed by atoms with Crippen molar-refractivity contribution in [1.29, 1.82) is 0 Å². The lowest BCUT2D eigenvalue weighted by Gasteiger charge is -2.39. The van der Waals surface area contributed by atoms with Crippen LogP contribution in [0.25, 0.3) is 0 Å². The van der Waals surface area contributed by atoms with Gasteiger partial charge in [0.15, 0.2) is 0 Å². The van der Waals surface area contributed by atoms with Gasteiger partial charge in [0.25, 0.3) is 0 Å². The fourth-order valence-electron chi connectivity index (χ4n) is 3.80. The number of hydrogen-bond acceptors (Lipinski definition) is 5. The Bertz CT molecular complexity index is 487. The molecule has 1 aliphatic heterocycles. The Morgan fingerprint density at radius 3 is 2.83 bits per heavy atom. The van der Waals surface area contributed by atoms with E-state index in [1.165, 1.54) is 25.7 Å². The van der Waals surface area contributed by atoms with Crippen molar-refractivity contribution in [2.24, 2.45) is 0 Å². The van der Waals surface area contributed by atoms with Crippen LogP contribution in [0.3, 0.4) is 0 Å². The number of hydrogen-bond donors (Lipinski definition) is 2. The summed E-state index contributed by atoms with van der Waals surface area (Å²) in [4.78, 5) is 2.21. The van der Waals surface area contributed by atoms with E-state index in [4.69, 9.17) is 4.74 Å². The molecule has 3 rings (SSSR count). The highest BCUT2D eigenvalue weighted by atomic mass is 16.5. The van der Waals surface area contributed by atoms with E-state index < -0.39 is 12.2 Å². The summed E-state index contributed by atoms with van der Waals surface area (Å²) >= 11 is 0. The van der Waals surface area contributed by atoms with Crippen LogP contribution in [0.4, 0.5) is 0 Å². The number of aromatic nitrogens is 2. The molecule has 0 amide bonds. The molecule has 23 heavy (non-hydrogen) atoms. The van der Waals surface area contributed by atoms with E-state index in [0.29, 0.717) is 12.6 Å². The third-order valence-corrected chi connectivity index (χ3v) is 5.08. The summed E-state index contributed by atoms with van der Waals surface area (Å²) in [5.41, 5.74) is 1.16. The van der Waals surface area contributed by atoms with Gasteiger partial charge in [-0.05, 0) is 25.8 Å². The first-order valence-corrected chi connectivity index (χ1v) is 8.90. The molecule has 6 nitrogen and oxygen atoms in total. The van der Waals surface area contributed by atoms with Gasteiger partial charge in [-0.25, -0.2) is 0 Å². The molecular formula is C17H29N3O3. The van der Waals surface area contributed by atoms with Crippen LogP contribution in [0.5, 0.6) is 0 Å². The van der Waals surface area contributed by atoms with Gasteiger partial charge in [-0.15, -0.1) is 0 Å². The van der Waals surface area contributed by atoms with Gasteiger partial charge in [-0.2, -0.15) is 5.10 Å². The Balaban J connectivity index is 1.66. The number of nitrogens with zero attached hydrogens (tertiary/aromatic N) is 3. The van der Waals surface area contributed by atoms with Crippen LogP contribution in [0, 0.1) is 0 Å². The van der Waals surface area contributed by atoms with Crippen molar-refractivity contribution in [3.05, 3.63) is 18.0 Å². The zero-order valence-corrected chi connectivity index (χ0v) is 14.0. The molecule has 1 saturated carbocycles. The molecule has 0 aromatic carbocycles. The summed E-state index contributed by atoms with van der Waals surface area (Å²) in [5, 5.41) is 24.7. The van der Waals surface area contributed by atoms with E-state index in [-0.39, 0.29) is 12.6 Å². The first kappa shape index (κ1) is 16.9. The lowest BCUT2D eigenvalue weighted by Crippen LogP contribution is -2.55. The van der Waals surface area contributed by atoms with Crippen molar-refractivity contribution in [2.45, 2.75) is 69.9 Å². The maximum atomic E-state index is 10.3. The van der Waals surface area contributed by atoms with E-state index in [1.807, 2.05) is 6.20 Å². The fourth-order valence-corrected chi connectivity index (χ4v) is 3.80. The number of rotatable bonds is 6. The molecule has 0 bridgehead atoms. The molecule has 6 heteroatoms. The van der Waals surface area contributed by atoms with Gasteiger partial charge in [-0.1, -0.05) is 19.8 Å². The largest absolute Gasteiger partial charge is 0.389 e. The molecule has 3 atom stereocenters. The van der Waals surface area contributed by atoms with E-state index in [0.717, 1.165) is 25.1 Å². The van der Waals surface area contributed by atoms with Crippen LogP contribution < -0.4 is 0 Å². The van der Waals surface area contributed by atoms with Crippen molar-refractivity contribution >= 4 is 0 Å². The minimum atomic E-state index is -0.797. The Labute approximate surface area is 138 Å². The van der Waals surface area contributed by atoms with E-state index in [1.54, 1.807) is 0 Å². The molecule has 1 aromatic heterocycles. The van der Waals surface area contributed by atoms with Gasteiger partial charge < -0.3 is 14.9 Å². The van der Waals surface area contributed by atoms with Crippen molar-refractivity contribution in [3.63, 3.8) is 0 Å². The summed E-state index contributed by atoms with van der Waals surface area (Å²) in [6.45, 7) is 4.42. The maximum Gasteiger partial charge on any atom is 0.105 e. The summed E-state index contributed by atoms with van der Waals surface area (Å²) in [7, 11) is 0. The average molecular weight is 323 g/mol. The molecule has 2 heterocycles. The monoisotopic (exact) mass is 323 g/mol. The molecule has 0 spiro atoms. The van der Waals surface area contributed by atoms with Crippen LogP contribution in [0.1, 0.15) is 50.6 Å². The van der Waals surface area contributed by atoms with Gasteiger partial charge in [0.1, 0.15) is 6.10 Å². The third kappa shape index (κ3) is 3.94. The smallest absolute Gasteiger partial charge is 0.105 e. The molecule has 1 saturated heterocycles. The Kier molecular flexibility index (Phi) is 5.69. The molecule has 2 fully saturated rings. The standard InChI is InChI=1S/C17H29N3O3/c1-2-7-19(15-11-23-12-16(21)17(15)22)9-13-8-18-20(10-13)14-5-3-4-6-14/h8,10,14-17,21-22H,2-7,9,11-12H2,1H3/t15-,16-,17+/m1/s1. The highest BCUT2D eigenvalue weighted by Gasteiger charge is 2.35. The van der Waals surface area contributed by atoms with Crippen molar-refractivity contribution in [2.75, 3.05) is 19.8 Å². The van der Waals surface area contributed by atoms with E-state index in [9.17, 15) is 10.2 Å². The van der Waals surface area contributed by atoms with Crippen LogP contribution in [0.2, 0.25) is 0 Å². The van der Waals surface area contributed by atoms with E-state index >= 15 is 0 Å². The zero-order valence-electron chi connectivity index (χ0n) is 14.0. The highest BCUT2D eigenvalue weighted by Crippen LogP contribution is 2.29. The minimum Gasteiger partial charge on any atom is -0.389 e. The van der Waals surface area contributed by atoms with Crippen molar-refractivity contribution in [1.82, 2.24) is 14.7 Å². The van der Waals surface area contributed by atoms with E-state index in [2.05, 4.69) is 27.8 Å². The topological polar surface area (TPSA) is 70.8 Å². The SMILES string of the molecule is CCCN(Cc1cnn(C2CCCC2)c1)[C@@H]1COC[C@@H](O)[C@H]1O. The number of aliphatic hydroxyl groups is 2. The van der Waals surface area contributed by atoms with Crippen LogP contribution >= 0.6 is 0 Å². The highest BCUT2D eigenvalue weighted by molar-refractivity contribution is 5.06. The molecule has 2 N–H and O–H groups in total. The van der Waals surface area contributed by atoms with Crippen LogP contribution in [0.15, 0.2) is 12.4 Å². The predicted molar refractivity (Wildman–Crippen MR) is 87.1 cm³/mol. The van der Waals surface area contributed by atoms with Gasteiger partial charge >= 0.3 is 0 Å². The second-order valence-electron chi connectivity index (χ2n) is 6.90. The molecule has 0 unspecified atom stereocenters. The van der Waals surface area contributed by atoms with Crippen molar-refractivity contribution in [3.8, 4) is 0 Å². The lowest BCUT2D eigenvalue weighted by molar-refractivity contribution is -0.134. The zero-order chi connectivity index (χ0) is 16.2. The molecule has 1 aliphatic carbocycles. The molecule has 0 radical (unpaired) electrons. The third-order valence-electron chi connectivity index (χ3n) is 5.08. The van der Waals surface area contributed by atoms with Gasteiger partial charge in [0.2, 0.25) is 0 Å². The van der Waals surface area contributed by atoms with Gasteiger partial charge in [0.05, 0.1) is 37.6 Å². The Morgan fingerprint density at radius 2 is 2.09 bits per heavy atom. The van der Waals surface area contributed by atoms with Crippen LogP contribution in [-0.4, -0.2) is 62.9 Å². The Morgan fingerprint density at radius 1 is 1.30 bits per heavy atom. The Hall–Kier alpha value is -0.950. The first-order chi connectivity index (χ1) is 11.2. The summed E-state index contributed by atoms with van der Waals surface area (Å²) in [6.07, 6.45) is 8.57. The first-order valence-electron chi connectivity index (χ1n) is 8.90. The average Bonchev–Trinajstić information content (AvgIpc) is 3.20. The molecule has 1 aromatic rings. The molecule has 2 aliphatic rings. The van der Waals surface area contributed by atoms with Crippen molar-refractivity contribution < 1.29 is 14.9 Å². The van der Waals surface area contributed by atoms with Gasteiger partial charge in [-0.3, -0.25) is 9.58 Å². The number of ether oxygens (including phenoxy) is 1. The van der Waals surface area contributed by atoms with Gasteiger partial charge in [0, 0.05) is 18.3 Å². The van der Waals surface area contributed by atoms with Crippen LogP contribution in [-0.2, 0) is 11.3 Å². The maximum absolute atomic E-state index is 10.3. The summed E-state index contributed by atoms with van der Waals surface area (Å²) < 4.78 is 7.55. The second kappa shape index (κ2) is 7.75. The number of aliphatic hydroxyl groups excluding tert-OH is 2.